The molecule has 3 N–H and O–H groups in total. The van der Waals surface area contributed by atoms with Gasteiger partial charge in [-0.3, -0.25) is 9.69 Å². The highest BCUT2D eigenvalue weighted by atomic mass is 16.7. The zero-order valence-electron chi connectivity index (χ0n) is 24.3. The molecule has 3 aromatic carbocycles. The first-order valence-corrected chi connectivity index (χ1v) is 14.6. The van der Waals surface area contributed by atoms with Crippen molar-refractivity contribution in [3.8, 4) is 11.1 Å². The Balaban J connectivity index is 1.36. The molecule has 4 unspecified atom stereocenters. The number of aliphatic hydroxyl groups excluding tert-OH is 1. The number of carbonyl (C=O) groups excluding carboxylic acids is 1. The monoisotopic (exact) mass is 558 g/mol. The summed E-state index contributed by atoms with van der Waals surface area (Å²) in [4.78, 5) is 15.2. The van der Waals surface area contributed by atoms with Crippen LogP contribution in [0.4, 0.5) is 0 Å². The Morgan fingerprint density at radius 1 is 0.976 bits per heavy atom. The normalized spacial score (nSPS) is 23.4. The molecule has 0 aromatic heterocycles. The molecule has 0 aliphatic carbocycles. The first-order chi connectivity index (χ1) is 19.7. The molecule has 0 radical (unpaired) electrons. The Bertz CT molecular complexity index is 1300. The highest BCUT2D eigenvalue weighted by molar-refractivity contribution is 5.76. The minimum absolute atomic E-state index is 0.00170. The lowest BCUT2D eigenvalue weighted by Crippen LogP contribution is -2.45. The number of nitrogens with zero attached hydrogens (tertiary/aromatic N) is 1. The van der Waals surface area contributed by atoms with Gasteiger partial charge in [-0.15, -0.1) is 0 Å². The lowest BCUT2D eigenvalue weighted by molar-refractivity contribution is -0.253. The van der Waals surface area contributed by atoms with E-state index in [-0.39, 0.29) is 30.8 Å². The molecule has 2 fully saturated rings. The highest BCUT2D eigenvalue weighted by Crippen LogP contribution is 2.39. The fourth-order valence-electron chi connectivity index (χ4n) is 5.69. The van der Waals surface area contributed by atoms with Gasteiger partial charge in [0, 0.05) is 25.1 Å². The van der Waals surface area contributed by atoms with Crippen LogP contribution < -0.4 is 5.73 Å². The van der Waals surface area contributed by atoms with Gasteiger partial charge in [-0.05, 0) is 74.0 Å². The van der Waals surface area contributed by atoms with Crippen molar-refractivity contribution in [1.29, 1.82) is 0 Å². The number of benzene rings is 3. The van der Waals surface area contributed by atoms with E-state index in [1.165, 1.54) is 0 Å². The fourth-order valence-corrected chi connectivity index (χ4v) is 5.69. The number of nitrogens with two attached hydrogens (primary N) is 1. The summed E-state index contributed by atoms with van der Waals surface area (Å²) in [5.41, 5.74) is 11.5. The van der Waals surface area contributed by atoms with Crippen LogP contribution in [0.5, 0.6) is 0 Å². The van der Waals surface area contributed by atoms with Crippen LogP contribution >= 0.6 is 0 Å². The number of ether oxygens (including phenoxy) is 3. The molecule has 4 atom stereocenters. The van der Waals surface area contributed by atoms with Gasteiger partial charge in [0.05, 0.1) is 18.8 Å². The molecule has 3 aromatic rings. The average molecular weight is 559 g/mol. The first kappa shape index (κ1) is 29.4. The predicted molar refractivity (Wildman–Crippen MR) is 159 cm³/mol. The third-order valence-corrected chi connectivity index (χ3v) is 7.77. The minimum atomic E-state index is -0.553. The molecule has 2 saturated heterocycles. The molecule has 2 heterocycles. The van der Waals surface area contributed by atoms with Gasteiger partial charge in [0.1, 0.15) is 11.6 Å². The number of esters is 1. The van der Waals surface area contributed by atoms with Crippen molar-refractivity contribution in [3.63, 3.8) is 0 Å². The maximum atomic E-state index is 13.0. The van der Waals surface area contributed by atoms with E-state index in [2.05, 4.69) is 41.3 Å². The number of rotatable bonds is 8. The smallest absolute Gasteiger partial charge is 0.323 e. The summed E-state index contributed by atoms with van der Waals surface area (Å²) in [6.45, 7) is 7.68. The Labute approximate surface area is 243 Å². The van der Waals surface area contributed by atoms with Crippen molar-refractivity contribution in [2.75, 3.05) is 13.1 Å². The van der Waals surface area contributed by atoms with E-state index in [0.717, 1.165) is 52.8 Å². The van der Waals surface area contributed by atoms with Crippen LogP contribution in [0.15, 0.2) is 72.8 Å². The van der Waals surface area contributed by atoms with Crippen molar-refractivity contribution < 1.29 is 24.1 Å². The van der Waals surface area contributed by atoms with Gasteiger partial charge in [0.15, 0.2) is 6.29 Å². The van der Waals surface area contributed by atoms with E-state index in [4.69, 9.17) is 19.9 Å². The molecule has 0 spiro atoms. The van der Waals surface area contributed by atoms with Crippen LogP contribution in [-0.4, -0.2) is 46.8 Å². The zero-order chi connectivity index (χ0) is 29.0. The van der Waals surface area contributed by atoms with Crippen LogP contribution in [0.2, 0.25) is 0 Å². The number of carbonyl (C=O) groups is 1. The molecule has 218 valence electrons. The minimum Gasteiger partial charge on any atom is -0.459 e. The lowest BCUT2D eigenvalue weighted by atomic mass is 9.98. The molecule has 0 bridgehead atoms. The largest absolute Gasteiger partial charge is 0.459 e. The third kappa shape index (κ3) is 7.42. The van der Waals surface area contributed by atoms with Crippen molar-refractivity contribution in [3.05, 3.63) is 95.1 Å². The van der Waals surface area contributed by atoms with Crippen molar-refractivity contribution in [2.45, 2.75) is 83.3 Å². The maximum absolute atomic E-state index is 13.0. The summed E-state index contributed by atoms with van der Waals surface area (Å²) in [6.07, 6.45) is 1.53. The summed E-state index contributed by atoms with van der Waals surface area (Å²) in [5, 5.41) is 9.50. The van der Waals surface area contributed by atoms with Gasteiger partial charge in [0.25, 0.3) is 0 Å². The third-order valence-electron chi connectivity index (χ3n) is 7.77. The second kappa shape index (κ2) is 12.8. The molecule has 7 nitrogen and oxygen atoms in total. The molecule has 2 aliphatic rings. The van der Waals surface area contributed by atoms with E-state index in [9.17, 15) is 9.90 Å². The molecule has 41 heavy (non-hydrogen) atoms. The number of hydrogen-bond donors (Lipinski definition) is 2. The van der Waals surface area contributed by atoms with Gasteiger partial charge in [-0.25, -0.2) is 0 Å². The van der Waals surface area contributed by atoms with Gasteiger partial charge in [0.2, 0.25) is 0 Å². The second-order valence-electron chi connectivity index (χ2n) is 12.1. The molecular weight excluding hydrogens is 516 g/mol. The van der Waals surface area contributed by atoms with Gasteiger partial charge < -0.3 is 25.1 Å². The van der Waals surface area contributed by atoms with Crippen molar-refractivity contribution in [1.82, 2.24) is 4.90 Å². The standard InChI is InChI=1S/C34H42N2O5/c1-34(2,3)41-32(38)30-8-5-17-36(30)21-29-19-31(26-11-9-23(22-37)10-12-26)40-33(39-29)27-15-13-25(14-16-27)28-7-4-6-24(18-28)20-35/h4,6-7,9-16,18,29-31,33,37H,5,8,17,19-22,35H2,1-3H3. The Morgan fingerprint density at radius 3 is 2.39 bits per heavy atom. The number of aliphatic hydroxyl groups is 1. The van der Waals surface area contributed by atoms with E-state index in [0.29, 0.717) is 19.5 Å². The summed E-state index contributed by atoms with van der Waals surface area (Å²) in [6, 6.07) is 24.2. The molecule has 2 aliphatic heterocycles. The number of likely N-dealkylation sites (tertiary alicyclic amines) is 1. The number of hydrogen-bond acceptors (Lipinski definition) is 7. The molecule has 5 rings (SSSR count). The first-order valence-electron chi connectivity index (χ1n) is 14.6. The van der Waals surface area contributed by atoms with Gasteiger partial charge in [-0.2, -0.15) is 0 Å². The second-order valence-corrected chi connectivity index (χ2v) is 12.1. The molecule has 0 amide bonds. The molecule has 0 saturated carbocycles. The molecular formula is C34H42N2O5. The van der Waals surface area contributed by atoms with Crippen LogP contribution in [0.1, 0.15) is 74.7 Å². The summed E-state index contributed by atoms with van der Waals surface area (Å²) in [7, 11) is 0. The Hall–Kier alpha value is -3.07. The fraction of sp³-hybridized carbons (Fsp3) is 0.441. The van der Waals surface area contributed by atoms with Crippen LogP contribution in [-0.2, 0) is 32.2 Å². The Kier molecular flexibility index (Phi) is 9.22. The highest BCUT2D eigenvalue weighted by Gasteiger charge is 2.38. The maximum Gasteiger partial charge on any atom is 0.323 e. The average Bonchev–Trinajstić information content (AvgIpc) is 3.44. The van der Waals surface area contributed by atoms with Crippen LogP contribution in [0, 0.1) is 0 Å². The van der Waals surface area contributed by atoms with Gasteiger partial charge >= 0.3 is 5.97 Å². The summed E-state index contributed by atoms with van der Waals surface area (Å²) >= 11 is 0. The Morgan fingerprint density at radius 2 is 1.71 bits per heavy atom. The van der Waals surface area contributed by atoms with E-state index >= 15 is 0 Å². The van der Waals surface area contributed by atoms with Crippen LogP contribution in [0.25, 0.3) is 11.1 Å². The van der Waals surface area contributed by atoms with Crippen molar-refractivity contribution in [2.24, 2.45) is 5.73 Å². The summed E-state index contributed by atoms with van der Waals surface area (Å²) in [5.74, 6) is -0.163. The van der Waals surface area contributed by atoms with Gasteiger partial charge in [-0.1, -0.05) is 66.7 Å². The zero-order valence-corrected chi connectivity index (χ0v) is 24.3. The predicted octanol–water partition coefficient (Wildman–Crippen LogP) is 5.66. The van der Waals surface area contributed by atoms with E-state index in [1.54, 1.807) is 0 Å². The quantitative estimate of drug-likeness (QED) is 0.345. The molecule has 7 heteroatoms. The van der Waals surface area contributed by atoms with Crippen molar-refractivity contribution >= 4 is 5.97 Å². The lowest BCUT2D eigenvalue weighted by Gasteiger charge is -2.38. The van der Waals surface area contributed by atoms with E-state index < -0.39 is 11.9 Å². The topological polar surface area (TPSA) is 94.2 Å². The summed E-state index contributed by atoms with van der Waals surface area (Å²) < 4.78 is 18.8. The SMILES string of the molecule is CC(C)(C)OC(=O)C1CCCN1CC1CC(c2ccc(CO)cc2)OC(c2ccc(-c3cccc(CN)c3)cc2)O1. The van der Waals surface area contributed by atoms with Crippen LogP contribution in [0.3, 0.4) is 0 Å². The van der Waals surface area contributed by atoms with E-state index in [1.807, 2.05) is 57.2 Å².